The lowest BCUT2D eigenvalue weighted by Crippen LogP contribution is -2.16. The SMILES string of the molecule is COc1ccc(CCNCc2nnc(-c3cccc(Br)c3)o2)cc1OC. The van der Waals surface area contributed by atoms with E-state index in [2.05, 4.69) is 31.4 Å². The second-order valence-electron chi connectivity index (χ2n) is 5.63. The minimum Gasteiger partial charge on any atom is -0.493 e. The van der Waals surface area contributed by atoms with Crippen molar-refractivity contribution in [3.05, 3.63) is 58.4 Å². The Kier molecular flexibility index (Phi) is 6.25. The first-order valence-corrected chi connectivity index (χ1v) is 8.99. The lowest BCUT2D eigenvalue weighted by Gasteiger charge is -2.09. The van der Waals surface area contributed by atoms with Crippen LogP contribution in [-0.4, -0.2) is 31.0 Å². The Morgan fingerprint density at radius 3 is 2.65 bits per heavy atom. The molecule has 0 radical (unpaired) electrons. The molecule has 26 heavy (non-hydrogen) atoms. The molecule has 2 aromatic carbocycles. The zero-order valence-corrected chi connectivity index (χ0v) is 16.2. The fourth-order valence-corrected chi connectivity index (χ4v) is 2.93. The summed E-state index contributed by atoms with van der Waals surface area (Å²) >= 11 is 3.44. The molecule has 1 N–H and O–H groups in total. The van der Waals surface area contributed by atoms with Gasteiger partial charge in [0, 0.05) is 10.0 Å². The average molecular weight is 418 g/mol. The van der Waals surface area contributed by atoms with Gasteiger partial charge in [0.2, 0.25) is 11.8 Å². The molecule has 0 amide bonds. The number of nitrogens with zero attached hydrogens (tertiary/aromatic N) is 2. The molecule has 3 aromatic rings. The van der Waals surface area contributed by atoms with Crippen molar-refractivity contribution >= 4 is 15.9 Å². The number of benzene rings is 2. The maximum atomic E-state index is 5.70. The van der Waals surface area contributed by atoms with E-state index in [1.807, 2.05) is 42.5 Å². The molecule has 1 aromatic heterocycles. The topological polar surface area (TPSA) is 69.4 Å². The molecule has 0 fully saturated rings. The van der Waals surface area contributed by atoms with Gasteiger partial charge in [0.25, 0.3) is 0 Å². The molecule has 0 unspecified atom stereocenters. The highest BCUT2D eigenvalue weighted by Gasteiger charge is 2.09. The summed E-state index contributed by atoms with van der Waals surface area (Å²) in [5, 5.41) is 11.5. The number of hydrogen-bond acceptors (Lipinski definition) is 6. The van der Waals surface area contributed by atoms with Gasteiger partial charge in [0.15, 0.2) is 11.5 Å². The molecule has 0 aliphatic carbocycles. The van der Waals surface area contributed by atoms with Crippen molar-refractivity contribution in [2.24, 2.45) is 0 Å². The van der Waals surface area contributed by atoms with Crippen LogP contribution in [0.1, 0.15) is 11.5 Å². The van der Waals surface area contributed by atoms with Crippen LogP contribution < -0.4 is 14.8 Å². The maximum Gasteiger partial charge on any atom is 0.247 e. The summed E-state index contributed by atoms with van der Waals surface area (Å²) in [6.45, 7) is 1.30. The average Bonchev–Trinajstić information content (AvgIpc) is 3.14. The molecular formula is C19H20BrN3O3. The molecule has 0 saturated heterocycles. The van der Waals surface area contributed by atoms with Crippen molar-refractivity contribution in [1.29, 1.82) is 0 Å². The number of hydrogen-bond donors (Lipinski definition) is 1. The molecule has 0 atom stereocenters. The Hall–Kier alpha value is -2.38. The van der Waals surface area contributed by atoms with Gasteiger partial charge in [-0.05, 0) is 48.9 Å². The molecule has 0 bridgehead atoms. The van der Waals surface area contributed by atoms with Crippen molar-refractivity contribution in [3.8, 4) is 23.0 Å². The van der Waals surface area contributed by atoms with Crippen molar-refractivity contribution in [3.63, 3.8) is 0 Å². The first kappa shape index (κ1) is 18.4. The van der Waals surface area contributed by atoms with E-state index < -0.39 is 0 Å². The van der Waals surface area contributed by atoms with E-state index in [0.29, 0.717) is 18.3 Å². The van der Waals surface area contributed by atoms with Crippen molar-refractivity contribution < 1.29 is 13.9 Å². The fraction of sp³-hybridized carbons (Fsp3) is 0.263. The minimum absolute atomic E-state index is 0.517. The predicted octanol–water partition coefficient (Wildman–Crippen LogP) is 3.85. The molecule has 6 nitrogen and oxygen atoms in total. The van der Waals surface area contributed by atoms with E-state index in [9.17, 15) is 0 Å². The van der Waals surface area contributed by atoms with Gasteiger partial charge in [0.1, 0.15) is 0 Å². The third-order valence-corrected chi connectivity index (χ3v) is 4.35. The van der Waals surface area contributed by atoms with Crippen LogP contribution in [0.4, 0.5) is 0 Å². The van der Waals surface area contributed by atoms with Crippen LogP contribution in [0.25, 0.3) is 11.5 Å². The van der Waals surface area contributed by atoms with Gasteiger partial charge in [-0.2, -0.15) is 0 Å². The fourth-order valence-electron chi connectivity index (χ4n) is 2.53. The molecule has 0 aliphatic heterocycles. The number of halogens is 1. The molecule has 0 spiro atoms. The Morgan fingerprint density at radius 2 is 1.88 bits per heavy atom. The second-order valence-corrected chi connectivity index (χ2v) is 6.54. The van der Waals surface area contributed by atoms with E-state index in [4.69, 9.17) is 13.9 Å². The van der Waals surface area contributed by atoms with E-state index in [0.717, 1.165) is 40.1 Å². The van der Waals surface area contributed by atoms with E-state index >= 15 is 0 Å². The number of aromatic nitrogens is 2. The molecule has 136 valence electrons. The first-order chi connectivity index (χ1) is 12.7. The molecule has 3 rings (SSSR count). The van der Waals surface area contributed by atoms with Gasteiger partial charge in [-0.3, -0.25) is 0 Å². The number of nitrogens with one attached hydrogen (secondary N) is 1. The molecule has 0 saturated carbocycles. The zero-order valence-electron chi connectivity index (χ0n) is 14.7. The number of methoxy groups -OCH3 is 2. The Morgan fingerprint density at radius 1 is 1.04 bits per heavy atom. The summed E-state index contributed by atoms with van der Waals surface area (Å²) in [6.07, 6.45) is 0.854. The molecule has 1 heterocycles. The van der Waals surface area contributed by atoms with Crippen molar-refractivity contribution in [2.45, 2.75) is 13.0 Å². The summed E-state index contributed by atoms with van der Waals surface area (Å²) in [5.74, 6) is 2.55. The number of ether oxygens (including phenoxy) is 2. The third kappa shape index (κ3) is 4.62. The molecule has 7 heteroatoms. The largest absolute Gasteiger partial charge is 0.493 e. The van der Waals surface area contributed by atoms with Crippen LogP contribution in [-0.2, 0) is 13.0 Å². The van der Waals surface area contributed by atoms with Crippen LogP contribution in [0.2, 0.25) is 0 Å². The van der Waals surface area contributed by atoms with E-state index in [1.54, 1.807) is 14.2 Å². The van der Waals surface area contributed by atoms with Crippen LogP contribution in [0.15, 0.2) is 51.4 Å². The summed E-state index contributed by atoms with van der Waals surface area (Å²) in [4.78, 5) is 0. The van der Waals surface area contributed by atoms with E-state index in [-0.39, 0.29) is 0 Å². The van der Waals surface area contributed by atoms with Crippen LogP contribution in [0, 0.1) is 0 Å². The Labute approximate surface area is 160 Å². The highest BCUT2D eigenvalue weighted by Crippen LogP contribution is 2.27. The lowest BCUT2D eigenvalue weighted by molar-refractivity contribution is 0.354. The van der Waals surface area contributed by atoms with Gasteiger partial charge in [0.05, 0.1) is 20.8 Å². The minimum atomic E-state index is 0.517. The van der Waals surface area contributed by atoms with Gasteiger partial charge in [-0.15, -0.1) is 10.2 Å². The summed E-state index contributed by atoms with van der Waals surface area (Å²) < 4.78 is 17.2. The van der Waals surface area contributed by atoms with Crippen LogP contribution >= 0.6 is 15.9 Å². The maximum absolute atomic E-state index is 5.70. The van der Waals surface area contributed by atoms with Gasteiger partial charge >= 0.3 is 0 Å². The second kappa shape index (κ2) is 8.82. The highest BCUT2D eigenvalue weighted by molar-refractivity contribution is 9.10. The molecule has 0 aliphatic rings. The zero-order chi connectivity index (χ0) is 18.4. The lowest BCUT2D eigenvalue weighted by atomic mass is 10.1. The highest BCUT2D eigenvalue weighted by atomic mass is 79.9. The van der Waals surface area contributed by atoms with Crippen molar-refractivity contribution in [2.75, 3.05) is 20.8 Å². The summed E-state index contributed by atoms with van der Waals surface area (Å²) in [7, 11) is 3.27. The summed E-state index contributed by atoms with van der Waals surface area (Å²) in [6, 6.07) is 13.7. The Balaban J connectivity index is 1.51. The Bertz CT molecular complexity index is 867. The quantitative estimate of drug-likeness (QED) is 0.561. The smallest absolute Gasteiger partial charge is 0.247 e. The van der Waals surface area contributed by atoms with Crippen LogP contribution in [0.3, 0.4) is 0 Å². The van der Waals surface area contributed by atoms with Gasteiger partial charge in [-0.1, -0.05) is 28.1 Å². The van der Waals surface area contributed by atoms with Crippen LogP contribution in [0.5, 0.6) is 11.5 Å². The number of rotatable bonds is 8. The van der Waals surface area contributed by atoms with Gasteiger partial charge in [-0.25, -0.2) is 0 Å². The van der Waals surface area contributed by atoms with E-state index in [1.165, 1.54) is 0 Å². The van der Waals surface area contributed by atoms with Crippen molar-refractivity contribution in [1.82, 2.24) is 15.5 Å². The monoisotopic (exact) mass is 417 g/mol. The standard InChI is InChI=1S/C19H20BrN3O3/c1-24-16-7-6-13(10-17(16)25-2)8-9-21-12-18-22-23-19(26-18)14-4-3-5-15(20)11-14/h3-7,10-11,21H,8-9,12H2,1-2H3. The third-order valence-electron chi connectivity index (χ3n) is 3.85. The predicted molar refractivity (Wildman–Crippen MR) is 102 cm³/mol. The van der Waals surface area contributed by atoms with Gasteiger partial charge < -0.3 is 19.2 Å². The molecular weight excluding hydrogens is 398 g/mol. The summed E-state index contributed by atoms with van der Waals surface area (Å²) in [5.41, 5.74) is 2.05. The normalized spacial score (nSPS) is 10.7. The first-order valence-electron chi connectivity index (χ1n) is 8.19.